The molecule has 36 heavy (non-hydrogen) atoms. The number of rotatable bonds is 1. The third-order valence-corrected chi connectivity index (χ3v) is 8.83. The van der Waals surface area contributed by atoms with Crippen LogP contribution < -0.4 is 0 Å². The lowest BCUT2D eigenvalue weighted by atomic mass is 10.0. The van der Waals surface area contributed by atoms with Crippen LogP contribution >= 0.6 is 11.3 Å². The van der Waals surface area contributed by atoms with Gasteiger partial charge in [0.05, 0.1) is 16.6 Å². The van der Waals surface area contributed by atoms with Crippen molar-refractivity contribution in [3.63, 3.8) is 0 Å². The third kappa shape index (κ3) is 2.33. The van der Waals surface area contributed by atoms with Crippen molar-refractivity contribution in [1.82, 2.24) is 9.38 Å². The van der Waals surface area contributed by atoms with Crippen molar-refractivity contribution in [2.24, 2.45) is 0 Å². The number of para-hydroxylation sites is 1. The highest BCUT2D eigenvalue weighted by Gasteiger charge is 2.20. The van der Waals surface area contributed by atoms with E-state index < -0.39 is 0 Å². The highest BCUT2D eigenvalue weighted by molar-refractivity contribution is 7.25. The molecule has 0 amide bonds. The molecule has 3 heteroatoms. The van der Waals surface area contributed by atoms with E-state index in [1.54, 1.807) is 0 Å². The molecule has 4 aromatic heterocycles. The van der Waals surface area contributed by atoms with Crippen molar-refractivity contribution >= 4 is 80.6 Å². The van der Waals surface area contributed by atoms with E-state index >= 15 is 0 Å². The molecule has 5 aromatic carbocycles. The van der Waals surface area contributed by atoms with Gasteiger partial charge in [0.1, 0.15) is 5.65 Å². The van der Waals surface area contributed by atoms with Gasteiger partial charge in [-0.2, -0.15) is 0 Å². The summed E-state index contributed by atoms with van der Waals surface area (Å²) >= 11 is 1.87. The number of hydrogen-bond acceptors (Lipinski definition) is 2. The van der Waals surface area contributed by atoms with E-state index in [-0.39, 0.29) is 0 Å². The molecule has 166 valence electrons. The molecule has 9 aromatic rings. The molecule has 0 radical (unpaired) electrons. The van der Waals surface area contributed by atoms with E-state index in [0.29, 0.717) is 0 Å². The lowest BCUT2D eigenvalue weighted by Crippen LogP contribution is -1.87. The summed E-state index contributed by atoms with van der Waals surface area (Å²) in [4.78, 5) is 5.29. The lowest BCUT2D eigenvalue weighted by Gasteiger charge is -2.05. The van der Waals surface area contributed by atoms with Crippen molar-refractivity contribution in [2.75, 3.05) is 0 Å². The van der Waals surface area contributed by atoms with Crippen LogP contribution in [-0.2, 0) is 0 Å². The summed E-state index contributed by atoms with van der Waals surface area (Å²) < 4.78 is 5.06. The average Bonchev–Trinajstić information content (AvgIpc) is 3.57. The number of hydrogen-bond donors (Lipinski definition) is 0. The summed E-state index contributed by atoms with van der Waals surface area (Å²) in [5.74, 6) is 0. The molecule has 0 spiro atoms. The first-order chi connectivity index (χ1) is 17.8. The Bertz CT molecular complexity index is 2300. The molecule has 0 saturated carbocycles. The Morgan fingerprint density at radius 1 is 0.528 bits per heavy atom. The topological polar surface area (TPSA) is 17.3 Å². The molecule has 2 nitrogen and oxygen atoms in total. The normalized spacial score (nSPS) is 12.4. The Kier molecular flexibility index (Phi) is 3.45. The second-order valence-corrected chi connectivity index (χ2v) is 10.7. The summed E-state index contributed by atoms with van der Waals surface area (Å²) in [5, 5.41) is 8.94. The van der Waals surface area contributed by atoms with Gasteiger partial charge in [-0.3, -0.25) is 4.40 Å². The summed E-state index contributed by atoms with van der Waals surface area (Å²) in [6.07, 6.45) is 0. The number of nitrogens with zero attached hydrogens (tertiary/aromatic N) is 2. The second kappa shape index (κ2) is 6.60. The first-order valence-electron chi connectivity index (χ1n) is 12.2. The standard InChI is InChI=1S/C33H18N2S/c1-2-7-19(8-3-1)20-13-14-21-15-27-24-11-6-10-23-25-17-26-22-9-4-5-12-30(22)36-31(26)18-29(25)35(32(23)24)33(27)34-28(21)16-20/h1-18H. The van der Waals surface area contributed by atoms with E-state index in [4.69, 9.17) is 4.98 Å². The van der Waals surface area contributed by atoms with Crippen LogP contribution in [0.5, 0.6) is 0 Å². The Morgan fingerprint density at radius 2 is 1.33 bits per heavy atom. The van der Waals surface area contributed by atoms with Gasteiger partial charge in [-0.1, -0.05) is 78.9 Å². The Morgan fingerprint density at radius 3 is 2.25 bits per heavy atom. The Balaban J connectivity index is 1.44. The average molecular weight is 475 g/mol. The molecule has 4 heterocycles. The maximum absolute atomic E-state index is 5.29. The maximum atomic E-state index is 5.29. The molecule has 0 saturated heterocycles. The van der Waals surface area contributed by atoms with Crippen molar-refractivity contribution in [1.29, 1.82) is 0 Å². The largest absolute Gasteiger partial charge is 0.293 e. The minimum atomic E-state index is 1.03. The zero-order valence-electron chi connectivity index (χ0n) is 19.2. The number of pyridine rings is 1. The van der Waals surface area contributed by atoms with Gasteiger partial charge in [0.25, 0.3) is 0 Å². The number of aromatic nitrogens is 2. The molecule has 0 aliphatic carbocycles. The predicted octanol–water partition coefficient (Wildman–Crippen LogP) is 9.42. The first kappa shape index (κ1) is 18.8. The van der Waals surface area contributed by atoms with Crippen LogP contribution in [0.1, 0.15) is 0 Å². The van der Waals surface area contributed by atoms with Gasteiger partial charge in [-0.15, -0.1) is 11.3 Å². The maximum Gasteiger partial charge on any atom is 0.146 e. The third-order valence-electron chi connectivity index (χ3n) is 7.69. The zero-order chi connectivity index (χ0) is 23.4. The summed E-state index contributed by atoms with van der Waals surface area (Å²) in [6, 6.07) is 39.7. The Labute approximate surface area is 210 Å². The van der Waals surface area contributed by atoms with Gasteiger partial charge in [0.2, 0.25) is 0 Å². The van der Waals surface area contributed by atoms with Crippen LogP contribution in [0.4, 0.5) is 0 Å². The van der Waals surface area contributed by atoms with Gasteiger partial charge < -0.3 is 0 Å². The van der Waals surface area contributed by atoms with Gasteiger partial charge in [0.15, 0.2) is 0 Å². The molecular weight excluding hydrogens is 456 g/mol. The van der Waals surface area contributed by atoms with Gasteiger partial charge in [-0.05, 0) is 41.5 Å². The van der Waals surface area contributed by atoms with Gasteiger partial charge >= 0.3 is 0 Å². The first-order valence-corrected chi connectivity index (χ1v) is 13.0. The van der Waals surface area contributed by atoms with E-state index in [9.17, 15) is 0 Å². The van der Waals surface area contributed by atoms with Crippen LogP contribution in [0.15, 0.2) is 109 Å². The fourth-order valence-electron chi connectivity index (χ4n) is 6.06. The molecule has 0 unspecified atom stereocenters. The predicted molar refractivity (Wildman–Crippen MR) is 155 cm³/mol. The smallest absolute Gasteiger partial charge is 0.146 e. The summed E-state index contributed by atoms with van der Waals surface area (Å²) in [7, 11) is 0. The minimum absolute atomic E-state index is 1.03. The Hall–Kier alpha value is -4.47. The zero-order valence-corrected chi connectivity index (χ0v) is 20.0. The quantitative estimate of drug-likeness (QED) is 0.232. The van der Waals surface area contributed by atoms with Crippen molar-refractivity contribution in [3.8, 4) is 11.1 Å². The molecule has 0 atom stereocenters. The molecule has 0 fully saturated rings. The van der Waals surface area contributed by atoms with E-state index in [0.717, 1.165) is 11.2 Å². The van der Waals surface area contributed by atoms with Crippen LogP contribution in [0.3, 0.4) is 0 Å². The van der Waals surface area contributed by atoms with Crippen LogP contribution in [0.25, 0.3) is 80.4 Å². The second-order valence-electron chi connectivity index (χ2n) is 9.63. The van der Waals surface area contributed by atoms with E-state index in [2.05, 4.69) is 114 Å². The van der Waals surface area contributed by atoms with Gasteiger partial charge in [0, 0.05) is 47.1 Å². The van der Waals surface area contributed by atoms with Gasteiger partial charge in [-0.25, -0.2) is 4.98 Å². The monoisotopic (exact) mass is 474 g/mol. The molecule has 0 aliphatic heterocycles. The van der Waals surface area contributed by atoms with E-state index in [1.807, 2.05) is 11.3 Å². The fourth-order valence-corrected chi connectivity index (χ4v) is 7.18. The van der Waals surface area contributed by atoms with Crippen LogP contribution in [-0.4, -0.2) is 9.38 Å². The molecule has 0 aliphatic rings. The number of thiophene rings is 1. The lowest BCUT2D eigenvalue weighted by molar-refractivity contribution is 1.30. The number of fused-ring (bicyclic) bond motifs is 10. The minimum Gasteiger partial charge on any atom is -0.293 e. The molecular formula is C33H18N2S. The summed E-state index contributed by atoms with van der Waals surface area (Å²) in [5.41, 5.74) is 6.98. The summed E-state index contributed by atoms with van der Waals surface area (Å²) in [6.45, 7) is 0. The highest BCUT2D eigenvalue weighted by atomic mass is 32.1. The number of benzene rings is 5. The molecule has 9 rings (SSSR count). The van der Waals surface area contributed by atoms with Crippen LogP contribution in [0, 0.1) is 0 Å². The molecule has 0 N–H and O–H groups in total. The highest BCUT2D eigenvalue weighted by Crippen LogP contribution is 2.43. The fraction of sp³-hybridized carbons (Fsp3) is 0. The van der Waals surface area contributed by atoms with E-state index in [1.165, 1.54) is 69.3 Å². The van der Waals surface area contributed by atoms with Crippen molar-refractivity contribution in [2.45, 2.75) is 0 Å². The SMILES string of the molecule is c1ccc(-c2ccc3cc4c5cccc6c7cc8c(cc7n(c4nc3c2)c65)sc2ccccc28)cc1. The van der Waals surface area contributed by atoms with Crippen LogP contribution in [0.2, 0.25) is 0 Å². The molecule has 0 bridgehead atoms. The van der Waals surface area contributed by atoms with Crippen molar-refractivity contribution in [3.05, 3.63) is 109 Å². The van der Waals surface area contributed by atoms with Crippen molar-refractivity contribution < 1.29 is 0 Å².